The van der Waals surface area contributed by atoms with E-state index >= 15 is 0 Å². The summed E-state index contributed by atoms with van der Waals surface area (Å²) in [6, 6.07) is 14.0. The van der Waals surface area contributed by atoms with Crippen LogP contribution in [0.1, 0.15) is 33.6 Å². The molecule has 0 radical (unpaired) electrons. The first-order valence-electron chi connectivity index (χ1n) is 7.10. The first-order chi connectivity index (χ1) is 10.6. The van der Waals surface area contributed by atoms with E-state index in [0.717, 1.165) is 12.8 Å². The Balaban J connectivity index is 1.75. The largest absolute Gasteiger partial charge is 0.349 e. The minimum atomic E-state index is -0.297. The number of hydrogen-bond acceptors (Lipinski definition) is 2. The van der Waals surface area contributed by atoms with E-state index < -0.39 is 0 Å². The van der Waals surface area contributed by atoms with Crippen molar-refractivity contribution in [3.05, 3.63) is 64.7 Å². The number of hydrogen-bond donors (Lipinski definition) is 2. The maximum absolute atomic E-state index is 12.3. The van der Waals surface area contributed by atoms with E-state index in [-0.39, 0.29) is 17.9 Å². The van der Waals surface area contributed by atoms with E-state index in [1.54, 1.807) is 48.5 Å². The van der Waals surface area contributed by atoms with Gasteiger partial charge in [0.05, 0.1) is 10.7 Å². The topological polar surface area (TPSA) is 58.2 Å². The van der Waals surface area contributed by atoms with Gasteiger partial charge in [-0.15, -0.1) is 0 Å². The lowest BCUT2D eigenvalue weighted by molar-refractivity contribution is 0.0951. The Bertz CT molecular complexity index is 726. The SMILES string of the molecule is O=C(Nc1ccccc1Cl)c1cccc(C(=O)NC2CC2)c1. The number of carbonyl (C=O) groups is 2. The van der Waals surface area contributed by atoms with Crippen LogP contribution in [0.25, 0.3) is 0 Å². The van der Waals surface area contributed by atoms with E-state index in [2.05, 4.69) is 10.6 Å². The molecular formula is C17H15ClN2O2. The molecule has 0 saturated heterocycles. The van der Waals surface area contributed by atoms with Crippen LogP contribution >= 0.6 is 11.6 Å². The number of amides is 2. The maximum atomic E-state index is 12.3. The van der Waals surface area contributed by atoms with Gasteiger partial charge in [0.2, 0.25) is 0 Å². The summed E-state index contributed by atoms with van der Waals surface area (Å²) in [6.45, 7) is 0. The molecule has 0 bridgehead atoms. The van der Waals surface area contributed by atoms with Gasteiger partial charge < -0.3 is 10.6 Å². The Morgan fingerprint density at radius 2 is 1.64 bits per heavy atom. The summed E-state index contributed by atoms with van der Waals surface area (Å²) in [5.74, 6) is -0.441. The van der Waals surface area contributed by atoms with Crippen molar-refractivity contribution in [3.8, 4) is 0 Å². The molecule has 2 aromatic rings. The molecule has 22 heavy (non-hydrogen) atoms. The van der Waals surface area contributed by atoms with Gasteiger partial charge in [0.1, 0.15) is 0 Å². The van der Waals surface area contributed by atoms with Gasteiger partial charge in [0.15, 0.2) is 0 Å². The van der Waals surface area contributed by atoms with E-state index in [4.69, 9.17) is 11.6 Å². The van der Waals surface area contributed by atoms with Crippen LogP contribution in [-0.4, -0.2) is 17.9 Å². The van der Waals surface area contributed by atoms with Gasteiger partial charge in [-0.3, -0.25) is 9.59 Å². The van der Waals surface area contributed by atoms with Gasteiger partial charge in [-0.2, -0.15) is 0 Å². The van der Waals surface area contributed by atoms with Crippen LogP contribution in [-0.2, 0) is 0 Å². The van der Waals surface area contributed by atoms with Crippen LogP contribution in [0.15, 0.2) is 48.5 Å². The summed E-state index contributed by atoms with van der Waals surface area (Å²) in [5, 5.41) is 6.12. The molecule has 1 aliphatic rings. The molecule has 4 nitrogen and oxygen atoms in total. The molecule has 1 aliphatic carbocycles. The molecule has 3 rings (SSSR count). The van der Waals surface area contributed by atoms with Gasteiger partial charge in [-0.05, 0) is 43.2 Å². The van der Waals surface area contributed by atoms with Crippen molar-refractivity contribution >= 4 is 29.1 Å². The van der Waals surface area contributed by atoms with Crippen LogP contribution in [0.4, 0.5) is 5.69 Å². The van der Waals surface area contributed by atoms with Crippen molar-refractivity contribution in [2.24, 2.45) is 0 Å². The van der Waals surface area contributed by atoms with Crippen molar-refractivity contribution in [2.45, 2.75) is 18.9 Å². The summed E-state index contributed by atoms with van der Waals surface area (Å²) >= 11 is 6.02. The molecule has 0 unspecified atom stereocenters. The normalized spacial score (nSPS) is 13.5. The molecule has 2 aromatic carbocycles. The Labute approximate surface area is 133 Å². The molecule has 0 atom stereocenters. The minimum Gasteiger partial charge on any atom is -0.349 e. The van der Waals surface area contributed by atoms with Crippen molar-refractivity contribution in [1.82, 2.24) is 5.32 Å². The highest BCUT2D eigenvalue weighted by atomic mass is 35.5. The van der Waals surface area contributed by atoms with E-state index in [0.29, 0.717) is 21.8 Å². The van der Waals surface area contributed by atoms with Crippen molar-refractivity contribution in [3.63, 3.8) is 0 Å². The summed E-state index contributed by atoms with van der Waals surface area (Å²) in [7, 11) is 0. The number of carbonyl (C=O) groups excluding carboxylic acids is 2. The van der Waals surface area contributed by atoms with Crippen LogP contribution in [0, 0.1) is 0 Å². The highest BCUT2D eigenvalue weighted by Crippen LogP contribution is 2.22. The summed E-state index contributed by atoms with van der Waals surface area (Å²) in [4.78, 5) is 24.3. The molecule has 1 saturated carbocycles. The number of nitrogens with one attached hydrogen (secondary N) is 2. The van der Waals surface area contributed by atoms with Crippen LogP contribution in [0.3, 0.4) is 0 Å². The third-order valence-electron chi connectivity index (χ3n) is 3.42. The number of para-hydroxylation sites is 1. The van der Waals surface area contributed by atoms with Crippen molar-refractivity contribution in [1.29, 1.82) is 0 Å². The van der Waals surface area contributed by atoms with Gasteiger partial charge in [0, 0.05) is 17.2 Å². The highest BCUT2D eigenvalue weighted by Gasteiger charge is 2.24. The molecule has 1 fully saturated rings. The zero-order chi connectivity index (χ0) is 15.5. The molecule has 0 spiro atoms. The van der Waals surface area contributed by atoms with Gasteiger partial charge in [0.25, 0.3) is 11.8 Å². The second-order valence-electron chi connectivity index (χ2n) is 5.26. The molecular weight excluding hydrogens is 300 g/mol. The second-order valence-corrected chi connectivity index (χ2v) is 5.67. The van der Waals surface area contributed by atoms with Crippen LogP contribution in [0.5, 0.6) is 0 Å². The monoisotopic (exact) mass is 314 g/mol. The zero-order valence-corrected chi connectivity index (χ0v) is 12.6. The Morgan fingerprint density at radius 3 is 2.32 bits per heavy atom. The average molecular weight is 315 g/mol. The maximum Gasteiger partial charge on any atom is 0.255 e. The van der Waals surface area contributed by atoms with E-state index in [9.17, 15) is 9.59 Å². The smallest absolute Gasteiger partial charge is 0.255 e. The predicted octanol–water partition coefficient (Wildman–Crippen LogP) is 3.48. The zero-order valence-electron chi connectivity index (χ0n) is 11.8. The Kier molecular flexibility index (Phi) is 4.11. The molecule has 5 heteroatoms. The van der Waals surface area contributed by atoms with Gasteiger partial charge in [-0.1, -0.05) is 29.8 Å². The Hall–Kier alpha value is -2.33. The first-order valence-corrected chi connectivity index (χ1v) is 7.48. The van der Waals surface area contributed by atoms with Crippen molar-refractivity contribution in [2.75, 3.05) is 5.32 Å². The molecule has 2 amide bonds. The molecule has 0 heterocycles. The fourth-order valence-electron chi connectivity index (χ4n) is 2.06. The van der Waals surface area contributed by atoms with E-state index in [1.807, 2.05) is 0 Å². The third kappa shape index (κ3) is 3.46. The summed E-state index contributed by atoms with van der Waals surface area (Å²) < 4.78 is 0. The number of halogens is 1. The summed E-state index contributed by atoms with van der Waals surface area (Å²) in [6.07, 6.45) is 2.05. The van der Waals surface area contributed by atoms with Crippen molar-refractivity contribution < 1.29 is 9.59 Å². The number of anilines is 1. The second kappa shape index (κ2) is 6.20. The lowest BCUT2D eigenvalue weighted by Gasteiger charge is -2.08. The first kappa shape index (κ1) is 14.6. The molecule has 112 valence electrons. The molecule has 0 aliphatic heterocycles. The van der Waals surface area contributed by atoms with Gasteiger partial charge in [-0.25, -0.2) is 0 Å². The fraction of sp³-hybridized carbons (Fsp3) is 0.176. The third-order valence-corrected chi connectivity index (χ3v) is 3.75. The molecule has 0 aromatic heterocycles. The standard InChI is InChI=1S/C17H15ClN2O2/c18-14-6-1-2-7-15(14)20-17(22)12-5-3-4-11(10-12)16(21)19-13-8-9-13/h1-7,10,13H,8-9H2,(H,19,21)(H,20,22). The van der Waals surface area contributed by atoms with Crippen LogP contribution in [0.2, 0.25) is 5.02 Å². The lowest BCUT2D eigenvalue weighted by Crippen LogP contribution is -2.25. The molecule has 2 N–H and O–H groups in total. The summed E-state index contributed by atoms with van der Waals surface area (Å²) in [5.41, 5.74) is 1.45. The average Bonchev–Trinajstić information content (AvgIpc) is 3.33. The number of rotatable bonds is 4. The highest BCUT2D eigenvalue weighted by molar-refractivity contribution is 6.33. The number of benzene rings is 2. The quantitative estimate of drug-likeness (QED) is 0.907. The lowest BCUT2D eigenvalue weighted by atomic mass is 10.1. The van der Waals surface area contributed by atoms with Crippen LogP contribution < -0.4 is 10.6 Å². The predicted molar refractivity (Wildman–Crippen MR) is 86.3 cm³/mol. The Morgan fingerprint density at radius 1 is 0.955 bits per heavy atom. The van der Waals surface area contributed by atoms with Gasteiger partial charge >= 0.3 is 0 Å². The minimum absolute atomic E-state index is 0.144. The van der Waals surface area contributed by atoms with E-state index in [1.165, 1.54) is 0 Å². The fourth-order valence-corrected chi connectivity index (χ4v) is 2.24.